The van der Waals surface area contributed by atoms with Crippen molar-refractivity contribution in [3.05, 3.63) is 0 Å². The molecule has 0 N–H and O–H groups in total. The molecule has 0 aromatic carbocycles. The van der Waals surface area contributed by atoms with Crippen LogP contribution in [0, 0.1) is 0 Å². The third-order valence-corrected chi connectivity index (χ3v) is 5.22. The predicted octanol–water partition coefficient (Wildman–Crippen LogP) is 3.04. The largest absolute Gasteiger partial charge is 0.336 e. The van der Waals surface area contributed by atoms with Gasteiger partial charge in [-0.3, -0.25) is 9.69 Å². The zero-order valence-corrected chi connectivity index (χ0v) is 13.1. The molecule has 3 heteroatoms. The lowest BCUT2D eigenvalue weighted by molar-refractivity contribution is -0.139. The van der Waals surface area contributed by atoms with Crippen LogP contribution in [0.5, 0.6) is 0 Å². The van der Waals surface area contributed by atoms with Gasteiger partial charge in [-0.15, -0.1) is 0 Å². The molecule has 2 rings (SSSR count). The Labute approximate surface area is 118 Å². The summed E-state index contributed by atoms with van der Waals surface area (Å²) in [6.07, 6.45) is 7.28. The zero-order chi connectivity index (χ0) is 14.0. The highest BCUT2D eigenvalue weighted by Gasteiger charge is 2.34. The van der Waals surface area contributed by atoms with E-state index in [2.05, 4.69) is 37.5 Å². The number of amides is 1. The van der Waals surface area contributed by atoms with Gasteiger partial charge >= 0.3 is 0 Å². The first-order valence-corrected chi connectivity index (χ1v) is 8.11. The van der Waals surface area contributed by atoms with Crippen molar-refractivity contribution in [3.8, 4) is 0 Å². The van der Waals surface area contributed by atoms with E-state index in [9.17, 15) is 4.79 Å². The van der Waals surface area contributed by atoms with Crippen LogP contribution in [0.2, 0.25) is 0 Å². The van der Waals surface area contributed by atoms with E-state index in [-0.39, 0.29) is 0 Å². The summed E-state index contributed by atoms with van der Waals surface area (Å²) in [6.45, 7) is 9.56. The molecule has 0 spiro atoms. The van der Waals surface area contributed by atoms with E-state index in [0.29, 0.717) is 36.6 Å². The Morgan fingerprint density at radius 3 is 2.21 bits per heavy atom. The van der Waals surface area contributed by atoms with Crippen molar-refractivity contribution in [1.82, 2.24) is 9.80 Å². The van der Waals surface area contributed by atoms with Crippen LogP contribution >= 0.6 is 0 Å². The molecule has 2 fully saturated rings. The molecule has 3 nitrogen and oxygen atoms in total. The first kappa shape index (κ1) is 14.8. The van der Waals surface area contributed by atoms with Crippen molar-refractivity contribution in [3.63, 3.8) is 0 Å². The summed E-state index contributed by atoms with van der Waals surface area (Å²) in [5, 5.41) is 0. The van der Waals surface area contributed by atoms with Crippen LogP contribution < -0.4 is 0 Å². The van der Waals surface area contributed by atoms with Gasteiger partial charge in [0, 0.05) is 24.2 Å². The molecule has 19 heavy (non-hydrogen) atoms. The molecule has 110 valence electrons. The van der Waals surface area contributed by atoms with E-state index in [1.807, 2.05) is 0 Å². The molecule has 4 atom stereocenters. The number of likely N-dealkylation sites (tertiary alicyclic amines) is 2. The molecule has 0 aliphatic carbocycles. The molecular weight excluding hydrogens is 236 g/mol. The smallest absolute Gasteiger partial charge is 0.237 e. The number of hydrogen-bond donors (Lipinski definition) is 0. The highest BCUT2D eigenvalue weighted by molar-refractivity contribution is 5.79. The summed E-state index contributed by atoms with van der Waals surface area (Å²) in [5.41, 5.74) is 0. The molecule has 0 aromatic rings. The molecule has 2 heterocycles. The Bertz CT molecular complexity index is 308. The SMILES string of the molecule is CCC1CCC(C)N1CC(=O)N1C(C)CCCC1C. The third-order valence-electron chi connectivity index (χ3n) is 5.22. The molecule has 1 amide bonds. The molecule has 2 aliphatic rings. The Morgan fingerprint density at radius 2 is 1.63 bits per heavy atom. The summed E-state index contributed by atoms with van der Waals surface area (Å²) in [4.78, 5) is 17.3. The Hall–Kier alpha value is -0.570. The minimum atomic E-state index is 0.354. The van der Waals surface area contributed by atoms with Gasteiger partial charge in [-0.2, -0.15) is 0 Å². The van der Waals surface area contributed by atoms with Gasteiger partial charge in [0.15, 0.2) is 0 Å². The lowest BCUT2D eigenvalue weighted by Gasteiger charge is -2.40. The lowest BCUT2D eigenvalue weighted by Crippen LogP contribution is -2.52. The Balaban J connectivity index is 1.99. The standard InChI is InChI=1S/C16H30N2O/c1-5-15-10-9-12(2)17(15)11-16(19)18-13(3)7-6-8-14(18)4/h12-15H,5-11H2,1-4H3. The van der Waals surface area contributed by atoms with Gasteiger partial charge in [-0.1, -0.05) is 6.92 Å². The monoisotopic (exact) mass is 266 g/mol. The quantitative estimate of drug-likeness (QED) is 0.784. The van der Waals surface area contributed by atoms with Crippen LogP contribution in [0.15, 0.2) is 0 Å². The van der Waals surface area contributed by atoms with Crippen LogP contribution in [-0.2, 0) is 4.79 Å². The second kappa shape index (κ2) is 6.25. The van der Waals surface area contributed by atoms with Crippen LogP contribution in [0.3, 0.4) is 0 Å². The minimum Gasteiger partial charge on any atom is -0.336 e. The summed E-state index contributed by atoms with van der Waals surface area (Å²) < 4.78 is 0. The van der Waals surface area contributed by atoms with Crippen molar-refractivity contribution in [1.29, 1.82) is 0 Å². The first-order valence-electron chi connectivity index (χ1n) is 8.11. The minimum absolute atomic E-state index is 0.354. The average molecular weight is 266 g/mol. The number of piperidine rings is 1. The highest BCUT2D eigenvalue weighted by atomic mass is 16.2. The average Bonchev–Trinajstić information content (AvgIpc) is 2.70. The fourth-order valence-corrected chi connectivity index (χ4v) is 4.00. The second-order valence-corrected chi connectivity index (χ2v) is 6.59. The van der Waals surface area contributed by atoms with Gasteiger partial charge in [0.25, 0.3) is 0 Å². The Kier molecular flexibility index (Phi) is 4.88. The maximum atomic E-state index is 12.7. The van der Waals surface area contributed by atoms with E-state index in [1.54, 1.807) is 0 Å². The van der Waals surface area contributed by atoms with Crippen LogP contribution in [-0.4, -0.2) is 46.4 Å². The fourth-order valence-electron chi connectivity index (χ4n) is 4.00. The fraction of sp³-hybridized carbons (Fsp3) is 0.938. The topological polar surface area (TPSA) is 23.6 Å². The van der Waals surface area contributed by atoms with E-state index in [1.165, 1.54) is 38.5 Å². The summed E-state index contributed by atoms with van der Waals surface area (Å²) >= 11 is 0. The zero-order valence-electron chi connectivity index (χ0n) is 13.1. The third kappa shape index (κ3) is 3.13. The van der Waals surface area contributed by atoms with E-state index >= 15 is 0 Å². The van der Waals surface area contributed by atoms with Crippen molar-refractivity contribution >= 4 is 5.91 Å². The first-order chi connectivity index (χ1) is 9.04. The number of hydrogen-bond acceptors (Lipinski definition) is 2. The van der Waals surface area contributed by atoms with E-state index in [0.717, 1.165) is 0 Å². The van der Waals surface area contributed by atoms with E-state index < -0.39 is 0 Å². The molecule has 0 saturated carbocycles. The summed E-state index contributed by atoms with van der Waals surface area (Å²) in [6, 6.07) is 2.04. The van der Waals surface area contributed by atoms with E-state index in [4.69, 9.17) is 0 Å². The molecule has 2 aliphatic heterocycles. The molecular formula is C16H30N2O. The van der Waals surface area contributed by atoms with Crippen LogP contribution in [0.1, 0.15) is 66.2 Å². The Morgan fingerprint density at radius 1 is 1.00 bits per heavy atom. The van der Waals surface area contributed by atoms with Gasteiger partial charge in [0.1, 0.15) is 0 Å². The van der Waals surface area contributed by atoms with Crippen molar-refractivity contribution in [2.24, 2.45) is 0 Å². The van der Waals surface area contributed by atoms with Gasteiger partial charge in [0.2, 0.25) is 5.91 Å². The molecule has 0 aromatic heterocycles. The normalized spacial score (nSPS) is 36.7. The van der Waals surface area contributed by atoms with Crippen LogP contribution in [0.4, 0.5) is 0 Å². The maximum Gasteiger partial charge on any atom is 0.237 e. The van der Waals surface area contributed by atoms with Gasteiger partial charge in [-0.25, -0.2) is 0 Å². The molecule has 2 saturated heterocycles. The van der Waals surface area contributed by atoms with Gasteiger partial charge in [0.05, 0.1) is 6.54 Å². The molecule has 4 unspecified atom stereocenters. The lowest BCUT2D eigenvalue weighted by atomic mass is 9.97. The van der Waals surface area contributed by atoms with Gasteiger partial charge in [-0.05, 0) is 59.3 Å². The summed E-state index contributed by atoms with van der Waals surface area (Å²) in [7, 11) is 0. The van der Waals surface area contributed by atoms with Crippen molar-refractivity contribution in [2.45, 2.75) is 90.4 Å². The molecule has 0 radical (unpaired) electrons. The number of carbonyl (C=O) groups is 1. The van der Waals surface area contributed by atoms with Crippen molar-refractivity contribution in [2.75, 3.05) is 6.54 Å². The predicted molar refractivity (Wildman–Crippen MR) is 79.1 cm³/mol. The molecule has 0 bridgehead atoms. The maximum absolute atomic E-state index is 12.7. The van der Waals surface area contributed by atoms with Crippen LogP contribution in [0.25, 0.3) is 0 Å². The number of nitrogens with zero attached hydrogens (tertiary/aromatic N) is 2. The number of rotatable bonds is 3. The number of carbonyl (C=O) groups excluding carboxylic acids is 1. The van der Waals surface area contributed by atoms with Gasteiger partial charge < -0.3 is 4.90 Å². The van der Waals surface area contributed by atoms with Crippen molar-refractivity contribution < 1.29 is 4.79 Å². The second-order valence-electron chi connectivity index (χ2n) is 6.59. The highest BCUT2D eigenvalue weighted by Crippen LogP contribution is 2.27. The summed E-state index contributed by atoms with van der Waals surface area (Å²) in [5.74, 6) is 0.354.